The summed E-state index contributed by atoms with van der Waals surface area (Å²) in [5.74, 6) is 0.519. The van der Waals surface area contributed by atoms with Crippen molar-refractivity contribution in [3.05, 3.63) is 64.7 Å². The van der Waals surface area contributed by atoms with Crippen LogP contribution >= 0.6 is 11.6 Å². The summed E-state index contributed by atoms with van der Waals surface area (Å²) < 4.78 is 5.52. The largest absolute Gasteiger partial charge is 0.484 e. The average molecular weight is 387 g/mol. The Balaban J connectivity index is 1.44. The van der Waals surface area contributed by atoms with Gasteiger partial charge in [-0.3, -0.25) is 9.59 Å². The van der Waals surface area contributed by atoms with E-state index in [9.17, 15) is 9.59 Å². The normalized spacial score (nSPS) is 14.7. The van der Waals surface area contributed by atoms with Crippen LogP contribution in [0.5, 0.6) is 5.75 Å². The molecule has 27 heavy (non-hydrogen) atoms. The molecule has 0 spiro atoms. The van der Waals surface area contributed by atoms with Crippen LogP contribution in [0.1, 0.15) is 28.8 Å². The van der Waals surface area contributed by atoms with Gasteiger partial charge >= 0.3 is 0 Å². The first kappa shape index (κ1) is 19.2. The summed E-state index contributed by atoms with van der Waals surface area (Å²) in [6.07, 6.45) is 1.48. The molecule has 1 heterocycles. The van der Waals surface area contributed by atoms with Crippen LogP contribution in [0.3, 0.4) is 0 Å². The van der Waals surface area contributed by atoms with E-state index in [4.69, 9.17) is 16.3 Å². The second-order valence-corrected chi connectivity index (χ2v) is 7.12. The van der Waals surface area contributed by atoms with Gasteiger partial charge in [-0.25, -0.2) is 0 Å². The number of nitrogens with zero attached hydrogens (tertiary/aromatic N) is 1. The maximum atomic E-state index is 12.4. The van der Waals surface area contributed by atoms with Crippen LogP contribution in [0.2, 0.25) is 5.02 Å². The number of carbonyl (C=O) groups is 2. The van der Waals surface area contributed by atoms with E-state index in [1.54, 1.807) is 29.2 Å². The first-order chi connectivity index (χ1) is 13.0. The molecule has 1 aliphatic rings. The molecule has 6 heteroatoms. The molecule has 0 saturated carbocycles. The number of hydrogen-bond donors (Lipinski definition) is 1. The molecule has 0 bridgehead atoms. The summed E-state index contributed by atoms with van der Waals surface area (Å²) in [6, 6.07) is 14.6. The number of rotatable bonds is 5. The highest BCUT2D eigenvalue weighted by atomic mass is 35.5. The summed E-state index contributed by atoms with van der Waals surface area (Å²) in [7, 11) is 0. The number of likely N-dealkylation sites (tertiary alicyclic amines) is 1. The fourth-order valence-electron chi connectivity index (χ4n) is 3.13. The van der Waals surface area contributed by atoms with Crippen molar-refractivity contribution in [3.63, 3.8) is 0 Å². The second kappa shape index (κ2) is 8.91. The molecule has 3 rings (SSSR count). The molecular formula is C21H23ClN2O3. The Bertz CT molecular complexity index is 799. The lowest BCUT2D eigenvalue weighted by Crippen LogP contribution is -2.47. The van der Waals surface area contributed by atoms with Crippen molar-refractivity contribution >= 4 is 23.4 Å². The van der Waals surface area contributed by atoms with Crippen molar-refractivity contribution in [2.24, 2.45) is 0 Å². The molecule has 1 aliphatic heterocycles. The lowest BCUT2D eigenvalue weighted by molar-refractivity contribution is -0.134. The molecule has 0 unspecified atom stereocenters. The van der Waals surface area contributed by atoms with E-state index in [-0.39, 0.29) is 24.5 Å². The molecule has 1 fully saturated rings. The molecule has 142 valence electrons. The van der Waals surface area contributed by atoms with Gasteiger partial charge in [0, 0.05) is 29.7 Å². The number of amides is 2. The molecular weight excluding hydrogens is 364 g/mol. The number of ether oxygens (including phenoxy) is 1. The van der Waals surface area contributed by atoms with E-state index >= 15 is 0 Å². The summed E-state index contributed by atoms with van der Waals surface area (Å²) in [6.45, 7) is 3.15. The first-order valence-electron chi connectivity index (χ1n) is 9.05. The van der Waals surface area contributed by atoms with Crippen molar-refractivity contribution in [2.75, 3.05) is 19.7 Å². The Morgan fingerprint density at radius 1 is 1.11 bits per heavy atom. The third-order valence-corrected chi connectivity index (χ3v) is 5.00. The Hall–Kier alpha value is -2.53. The summed E-state index contributed by atoms with van der Waals surface area (Å²) in [4.78, 5) is 26.5. The minimum absolute atomic E-state index is 0.00185. The maximum Gasteiger partial charge on any atom is 0.260 e. The zero-order chi connectivity index (χ0) is 19.2. The molecule has 2 amide bonds. The number of aryl methyl sites for hydroxylation is 1. The molecule has 0 atom stereocenters. The number of hydrogen-bond acceptors (Lipinski definition) is 3. The fraction of sp³-hybridized carbons (Fsp3) is 0.333. The standard InChI is InChI=1S/C21H23ClN2O3/c1-15-4-2-3-5-19(15)21(26)23-17-10-12-24(13-11-17)20(25)14-27-18-8-6-16(22)7-9-18/h2-9,17H,10-14H2,1H3,(H,23,26). The van der Waals surface area contributed by atoms with E-state index in [2.05, 4.69) is 5.32 Å². The Morgan fingerprint density at radius 2 is 1.78 bits per heavy atom. The molecule has 2 aromatic rings. The van der Waals surface area contributed by atoms with Gasteiger partial charge in [-0.05, 0) is 55.7 Å². The Morgan fingerprint density at radius 3 is 2.44 bits per heavy atom. The van der Waals surface area contributed by atoms with Crippen LogP contribution in [-0.4, -0.2) is 42.5 Å². The zero-order valence-electron chi connectivity index (χ0n) is 15.3. The quantitative estimate of drug-likeness (QED) is 0.856. The topological polar surface area (TPSA) is 58.6 Å². The first-order valence-corrected chi connectivity index (χ1v) is 9.43. The van der Waals surface area contributed by atoms with Gasteiger partial charge in [-0.2, -0.15) is 0 Å². The number of nitrogens with one attached hydrogen (secondary N) is 1. The Labute approximate surface area is 164 Å². The van der Waals surface area contributed by atoms with Crippen molar-refractivity contribution in [1.29, 1.82) is 0 Å². The monoisotopic (exact) mass is 386 g/mol. The van der Waals surface area contributed by atoms with Gasteiger partial charge in [0.2, 0.25) is 0 Å². The molecule has 1 N–H and O–H groups in total. The van der Waals surface area contributed by atoms with Crippen LogP contribution in [0.25, 0.3) is 0 Å². The second-order valence-electron chi connectivity index (χ2n) is 6.69. The third kappa shape index (κ3) is 5.23. The van der Waals surface area contributed by atoms with Crippen LogP contribution < -0.4 is 10.1 Å². The summed E-state index contributed by atoms with van der Waals surface area (Å²) in [5, 5.41) is 3.71. The minimum Gasteiger partial charge on any atom is -0.484 e. The highest BCUT2D eigenvalue weighted by molar-refractivity contribution is 6.30. The summed E-state index contributed by atoms with van der Waals surface area (Å²) in [5.41, 5.74) is 1.66. The highest BCUT2D eigenvalue weighted by Gasteiger charge is 2.24. The van der Waals surface area contributed by atoms with Gasteiger partial charge in [-0.1, -0.05) is 29.8 Å². The molecule has 0 aliphatic carbocycles. The number of halogens is 1. The number of benzene rings is 2. The SMILES string of the molecule is Cc1ccccc1C(=O)NC1CCN(C(=O)COc2ccc(Cl)cc2)CC1. The van der Waals surface area contributed by atoms with Gasteiger partial charge in [-0.15, -0.1) is 0 Å². The third-order valence-electron chi connectivity index (χ3n) is 4.75. The lowest BCUT2D eigenvalue weighted by atomic mass is 10.0. The van der Waals surface area contributed by atoms with Crippen molar-refractivity contribution in [3.8, 4) is 5.75 Å². The van der Waals surface area contributed by atoms with Gasteiger partial charge < -0.3 is 15.0 Å². The van der Waals surface area contributed by atoms with Crippen LogP contribution in [0, 0.1) is 6.92 Å². The summed E-state index contributed by atoms with van der Waals surface area (Å²) >= 11 is 5.83. The van der Waals surface area contributed by atoms with E-state index in [0.29, 0.717) is 29.4 Å². The van der Waals surface area contributed by atoms with E-state index in [1.807, 2.05) is 31.2 Å². The smallest absolute Gasteiger partial charge is 0.260 e. The average Bonchev–Trinajstić information content (AvgIpc) is 2.68. The fourth-order valence-corrected chi connectivity index (χ4v) is 3.26. The maximum absolute atomic E-state index is 12.4. The van der Waals surface area contributed by atoms with E-state index in [0.717, 1.165) is 18.4 Å². The lowest BCUT2D eigenvalue weighted by Gasteiger charge is -2.32. The predicted molar refractivity (Wildman–Crippen MR) is 105 cm³/mol. The van der Waals surface area contributed by atoms with Crippen molar-refractivity contribution in [2.45, 2.75) is 25.8 Å². The number of piperidine rings is 1. The van der Waals surface area contributed by atoms with Crippen LogP contribution in [0.15, 0.2) is 48.5 Å². The number of carbonyl (C=O) groups excluding carboxylic acids is 2. The molecule has 0 aromatic heterocycles. The van der Waals surface area contributed by atoms with Crippen LogP contribution in [0.4, 0.5) is 0 Å². The van der Waals surface area contributed by atoms with E-state index in [1.165, 1.54) is 0 Å². The minimum atomic E-state index is -0.0519. The van der Waals surface area contributed by atoms with Gasteiger partial charge in [0.05, 0.1) is 0 Å². The molecule has 1 saturated heterocycles. The van der Waals surface area contributed by atoms with E-state index < -0.39 is 0 Å². The molecule has 2 aromatic carbocycles. The van der Waals surface area contributed by atoms with Gasteiger partial charge in [0.15, 0.2) is 6.61 Å². The molecule has 0 radical (unpaired) electrons. The zero-order valence-corrected chi connectivity index (χ0v) is 16.0. The Kier molecular flexibility index (Phi) is 6.35. The van der Waals surface area contributed by atoms with Crippen molar-refractivity contribution < 1.29 is 14.3 Å². The molecule has 5 nitrogen and oxygen atoms in total. The predicted octanol–water partition coefficient (Wildman–Crippen LogP) is 3.45. The van der Waals surface area contributed by atoms with Gasteiger partial charge in [0.1, 0.15) is 5.75 Å². The van der Waals surface area contributed by atoms with Crippen LogP contribution in [-0.2, 0) is 4.79 Å². The highest BCUT2D eigenvalue weighted by Crippen LogP contribution is 2.17. The van der Waals surface area contributed by atoms with Gasteiger partial charge in [0.25, 0.3) is 11.8 Å². The van der Waals surface area contributed by atoms with Crippen molar-refractivity contribution in [1.82, 2.24) is 10.2 Å².